The van der Waals surface area contributed by atoms with Crippen molar-refractivity contribution in [1.29, 1.82) is 0 Å². The molecule has 32 heavy (non-hydrogen) atoms. The number of allylic oxidation sites excluding steroid dienone is 1. The van der Waals surface area contributed by atoms with Crippen molar-refractivity contribution in [3.63, 3.8) is 0 Å². The predicted octanol–water partition coefficient (Wildman–Crippen LogP) is 7.15. The third-order valence-electron chi connectivity index (χ3n) is 5.42. The highest BCUT2D eigenvalue weighted by Crippen LogP contribution is 2.33. The summed E-state index contributed by atoms with van der Waals surface area (Å²) in [6, 6.07) is 11.1. The number of nitrogens with zero attached hydrogens (tertiary/aromatic N) is 1. The normalized spacial score (nSPS) is 13.7. The number of aryl methyl sites for hydroxylation is 1. The van der Waals surface area contributed by atoms with E-state index in [2.05, 4.69) is 11.9 Å². The zero-order chi connectivity index (χ0) is 23.9. The number of rotatable bonds is 9. The van der Waals surface area contributed by atoms with Crippen molar-refractivity contribution in [2.45, 2.75) is 45.2 Å². The first kappa shape index (κ1) is 25.5. The minimum Gasteiger partial charge on any atom is -0.403 e. The van der Waals surface area contributed by atoms with E-state index in [1.807, 2.05) is 39.1 Å². The smallest absolute Gasteiger partial charge is 0.403 e. The van der Waals surface area contributed by atoms with E-state index >= 15 is 0 Å². The number of hydrogen-bond donors (Lipinski definition) is 2. The molecule has 0 radical (unpaired) electrons. The van der Waals surface area contributed by atoms with Gasteiger partial charge >= 0.3 is 6.18 Å². The lowest BCUT2D eigenvalue weighted by Crippen LogP contribution is -2.14. The molecule has 0 heterocycles. The molecule has 0 bridgehead atoms. The van der Waals surface area contributed by atoms with E-state index in [0.717, 1.165) is 40.2 Å². The van der Waals surface area contributed by atoms with E-state index in [0.29, 0.717) is 30.0 Å². The van der Waals surface area contributed by atoms with Crippen LogP contribution in [0.15, 0.2) is 65.9 Å². The maximum absolute atomic E-state index is 12.7. The van der Waals surface area contributed by atoms with Crippen LogP contribution in [0.1, 0.15) is 54.9 Å². The summed E-state index contributed by atoms with van der Waals surface area (Å²) in [5, 5.41) is 3.48. The van der Waals surface area contributed by atoms with E-state index < -0.39 is 11.7 Å². The molecule has 0 saturated carbocycles. The van der Waals surface area contributed by atoms with Crippen molar-refractivity contribution in [1.82, 2.24) is 5.32 Å². The van der Waals surface area contributed by atoms with Gasteiger partial charge in [-0.15, -0.1) is 0 Å². The molecule has 0 spiro atoms. The van der Waals surface area contributed by atoms with Crippen LogP contribution in [0.4, 0.5) is 18.9 Å². The van der Waals surface area contributed by atoms with Gasteiger partial charge in [-0.1, -0.05) is 50.2 Å². The van der Waals surface area contributed by atoms with Gasteiger partial charge in [0.05, 0.1) is 11.3 Å². The molecule has 0 aliphatic heterocycles. The Balaban J connectivity index is 2.25. The average molecular weight is 464 g/mol. The Morgan fingerprint density at radius 2 is 1.88 bits per heavy atom. The van der Waals surface area contributed by atoms with Crippen LogP contribution < -0.4 is 11.1 Å². The monoisotopic (exact) mass is 463 g/mol. The maximum atomic E-state index is 12.7. The van der Waals surface area contributed by atoms with Gasteiger partial charge in [-0.2, -0.15) is 13.2 Å². The van der Waals surface area contributed by atoms with Crippen molar-refractivity contribution < 1.29 is 13.2 Å². The minimum absolute atomic E-state index is 0.0445. The molecule has 0 aliphatic rings. The number of hydrogen-bond acceptors (Lipinski definition) is 3. The molecule has 0 aromatic heterocycles. The van der Waals surface area contributed by atoms with E-state index in [-0.39, 0.29) is 5.92 Å². The molecule has 7 heteroatoms. The van der Waals surface area contributed by atoms with Gasteiger partial charge in [-0.3, -0.25) is 4.99 Å². The maximum Gasteiger partial charge on any atom is 0.416 e. The van der Waals surface area contributed by atoms with E-state index in [1.54, 1.807) is 6.20 Å². The van der Waals surface area contributed by atoms with Gasteiger partial charge in [-0.05, 0) is 54.7 Å². The molecule has 0 saturated heterocycles. The molecule has 3 nitrogen and oxygen atoms in total. The Morgan fingerprint density at radius 1 is 1.22 bits per heavy atom. The Hall–Kier alpha value is -2.73. The number of aliphatic imine (C=N–C) groups is 1. The van der Waals surface area contributed by atoms with Crippen LogP contribution in [-0.2, 0) is 12.6 Å². The molecular formula is C25H29ClF3N3. The number of nitrogens with two attached hydrogens (primary N) is 1. The Morgan fingerprint density at radius 3 is 2.38 bits per heavy atom. The molecule has 3 N–H and O–H groups in total. The second-order valence-electron chi connectivity index (χ2n) is 7.50. The summed E-state index contributed by atoms with van der Waals surface area (Å²) in [4.78, 5) is 4.79. The first-order chi connectivity index (χ1) is 15.1. The highest BCUT2D eigenvalue weighted by molar-refractivity contribution is 6.48. The standard InChI is InChI=1S/C25H29ClF3N3/c1-5-21(12-8-18-6-10-20(11-7-18)25(27,28)29)32-23-13-9-19(14-22(23)17(3)26)16(2)24(15-30)31-4/h6-7,9-11,13-16,31H,3,5,8,12,30H2,1-2,4H3/b24-15-,32-21-. The number of nitrogens with one attached hydrogen (secondary N) is 1. The zero-order valence-corrected chi connectivity index (χ0v) is 19.3. The summed E-state index contributed by atoms with van der Waals surface area (Å²) in [7, 11) is 1.82. The van der Waals surface area contributed by atoms with Gasteiger partial charge in [0.25, 0.3) is 0 Å². The summed E-state index contributed by atoms with van der Waals surface area (Å²) in [6.07, 6.45) is -0.834. The van der Waals surface area contributed by atoms with Crippen LogP contribution in [0.5, 0.6) is 0 Å². The Kier molecular flexibility index (Phi) is 8.96. The van der Waals surface area contributed by atoms with Gasteiger partial charge in [0.15, 0.2) is 0 Å². The van der Waals surface area contributed by atoms with Crippen molar-refractivity contribution in [2.75, 3.05) is 7.05 Å². The largest absolute Gasteiger partial charge is 0.416 e. The molecule has 1 atom stereocenters. The summed E-state index contributed by atoms with van der Waals surface area (Å²) in [5.41, 5.74) is 10.2. The third kappa shape index (κ3) is 6.63. The lowest BCUT2D eigenvalue weighted by atomic mass is 9.95. The van der Waals surface area contributed by atoms with Gasteiger partial charge in [0, 0.05) is 41.2 Å². The summed E-state index contributed by atoms with van der Waals surface area (Å²) >= 11 is 6.27. The fourth-order valence-electron chi connectivity index (χ4n) is 3.39. The Labute approximate surface area is 192 Å². The van der Waals surface area contributed by atoms with E-state index in [9.17, 15) is 13.2 Å². The molecule has 0 fully saturated rings. The van der Waals surface area contributed by atoms with Crippen molar-refractivity contribution in [3.8, 4) is 0 Å². The Bertz CT molecular complexity index is 992. The summed E-state index contributed by atoms with van der Waals surface area (Å²) in [5.74, 6) is 0.0445. The second kappa shape index (κ2) is 11.2. The summed E-state index contributed by atoms with van der Waals surface area (Å²) in [6.45, 7) is 7.92. The zero-order valence-electron chi connectivity index (χ0n) is 18.6. The van der Waals surface area contributed by atoms with Gasteiger partial charge < -0.3 is 11.1 Å². The fourth-order valence-corrected chi connectivity index (χ4v) is 3.54. The number of halogens is 4. The first-order valence-electron chi connectivity index (χ1n) is 10.4. The van der Waals surface area contributed by atoms with Crippen LogP contribution >= 0.6 is 11.6 Å². The van der Waals surface area contributed by atoms with Crippen molar-refractivity contribution >= 4 is 28.0 Å². The van der Waals surface area contributed by atoms with Crippen molar-refractivity contribution in [2.24, 2.45) is 10.7 Å². The summed E-state index contributed by atoms with van der Waals surface area (Å²) < 4.78 is 38.2. The van der Waals surface area contributed by atoms with Crippen LogP contribution in [0, 0.1) is 0 Å². The molecule has 172 valence electrons. The molecule has 0 aliphatic carbocycles. The highest BCUT2D eigenvalue weighted by atomic mass is 35.5. The highest BCUT2D eigenvalue weighted by Gasteiger charge is 2.29. The lowest BCUT2D eigenvalue weighted by Gasteiger charge is -2.17. The van der Waals surface area contributed by atoms with Gasteiger partial charge in [0.2, 0.25) is 0 Å². The quantitative estimate of drug-likeness (QED) is 0.388. The molecule has 2 aromatic rings. The molecule has 2 rings (SSSR count). The average Bonchev–Trinajstić information content (AvgIpc) is 2.77. The van der Waals surface area contributed by atoms with Gasteiger partial charge in [-0.25, -0.2) is 0 Å². The fraction of sp³-hybridized carbons (Fsp3) is 0.320. The number of likely N-dealkylation sites (N-methyl/N-ethyl adjacent to an activating group) is 1. The van der Waals surface area contributed by atoms with E-state index in [1.165, 1.54) is 12.1 Å². The van der Waals surface area contributed by atoms with Crippen LogP contribution in [-0.4, -0.2) is 12.8 Å². The minimum atomic E-state index is -4.33. The SMILES string of the molecule is C=C(Cl)c1cc(C(C)/C(=C/N)NC)ccc1/N=C(/CC)CCc1ccc(C(F)(F)F)cc1. The molecule has 2 aromatic carbocycles. The van der Waals surface area contributed by atoms with Crippen LogP contribution in [0.25, 0.3) is 5.03 Å². The number of alkyl halides is 3. The molecule has 1 unspecified atom stereocenters. The van der Waals surface area contributed by atoms with E-state index in [4.69, 9.17) is 22.3 Å². The van der Waals surface area contributed by atoms with Crippen LogP contribution in [0.3, 0.4) is 0 Å². The molecule has 0 amide bonds. The second-order valence-corrected chi connectivity index (χ2v) is 7.96. The molecular weight excluding hydrogens is 435 g/mol. The third-order valence-corrected chi connectivity index (χ3v) is 5.62. The first-order valence-corrected chi connectivity index (χ1v) is 10.8. The van der Waals surface area contributed by atoms with Crippen LogP contribution in [0.2, 0.25) is 0 Å². The lowest BCUT2D eigenvalue weighted by molar-refractivity contribution is -0.137. The predicted molar refractivity (Wildman–Crippen MR) is 128 cm³/mol. The van der Waals surface area contributed by atoms with Gasteiger partial charge in [0.1, 0.15) is 0 Å². The number of benzene rings is 2. The topological polar surface area (TPSA) is 50.4 Å². The van der Waals surface area contributed by atoms with Crippen molar-refractivity contribution in [3.05, 3.63) is 83.2 Å².